The molecule has 1 fully saturated rings. The molecule has 166 valence electrons. The van der Waals surface area contributed by atoms with Crippen LogP contribution in [0.25, 0.3) is 0 Å². The van der Waals surface area contributed by atoms with Crippen LogP contribution < -0.4 is 14.8 Å². The van der Waals surface area contributed by atoms with Gasteiger partial charge in [0.1, 0.15) is 17.3 Å². The fourth-order valence-corrected chi connectivity index (χ4v) is 4.65. The molecule has 1 aromatic carbocycles. The van der Waals surface area contributed by atoms with Crippen molar-refractivity contribution in [3.63, 3.8) is 0 Å². The van der Waals surface area contributed by atoms with Crippen molar-refractivity contribution < 1.29 is 18.7 Å². The van der Waals surface area contributed by atoms with Crippen molar-refractivity contribution in [2.75, 3.05) is 26.8 Å². The van der Waals surface area contributed by atoms with E-state index in [0.717, 1.165) is 68.6 Å². The largest absolute Gasteiger partial charge is 0.495 e. The number of hydrogen-bond acceptors (Lipinski definition) is 5. The van der Waals surface area contributed by atoms with Gasteiger partial charge in [-0.2, -0.15) is 0 Å². The van der Waals surface area contributed by atoms with Gasteiger partial charge in [-0.05, 0) is 67.0 Å². The average Bonchev–Trinajstić information content (AvgIpc) is 2.77. The smallest absolute Gasteiger partial charge is 0.258 e. The molecule has 1 saturated heterocycles. The van der Waals surface area contributed by atoms with Crippen LogP contribution in [0.4, 0.5) is 4.39 Å². The van der Waals surface area contributed by atoms with E-state index < -0.39 is 0 Å². The minimum Gasteiger partial charge on any atom is -0.495 e. The Morgan fingerprint density at radius 1 is 1.26 bits per heavy atom. The maximum atomic E-state index is 13.7. The Labute approximate surface area is 182 Å². The lowest BCUT2D eigenvalue weighted by atomic mass is 9.87. The molecule has 2 aromatic rings. The number of hydrogen-bond donors (Lipinski definition) is 1. The van der Waals surface area contributed by atoms with E-state index in [0.29, 0.717) is 11.7 Å². The minimum absolute atomic E-state index is 0.0406. The summed E-state index contributed by atoms with van der Waals surface area (Å²) in [6, 6.07) is 6.70. The highest BCUT2D eigenvalue weighted by molar-refractivity contribution is 5.78. The average molecular weight is 428 g/mol. The number of fused-ring (bicyclic) bond motifs is 2. The molecule has 2 atom stereocenters. The van der Waals surface area contributed by atoms with E-state index in [2.05, 4.69) is 15.2 Å². The summed E-state index contributed by atoms with van der Waals surface area (Å²) in [7, 11) is 1.65. The van der Waals surface area contributed by atoms with E-state index in [1.165, 1.54) is 12.1 Å². The van der Waals surface area contributed by atoms with Crippen LogP contribution in [0.1, 0.15) is 36.8 Å². The number of pyridine rings is 1. The number of aromatic nitrogens is 1. The number of nitrogens with one attached hydrogen (secondary N) is 1. The van der Waals surface area contributed by atoms with Gasteiger partial charge in [0.15, 0.2) is 6.61 Å². The Balaban J connectivity index is 1.42. The van der Waals surface area contributed by atoms with Gasteiger partial charge in [-0.1, -0.05) is 6.42 Å². The number of carbonyl (C=O) groups is 1. The van der Waals surface area contributed by atoms with E-state index in [1.807, 2.05) is 12.3 Å². The van der Waals surface area contributed by atoms with Crippen molar-refractivity contribution in [3.8, 4) is 11.5 Å². The Morgan fingerprint density at radius 2 is 2.16 bits per heavy atom. The van der Waals surface area contributed by atoms with Gasteiger partial charge in [-0.3, -0.25) is 14.7 Å². The summed E-state index contributed by atoms with van der Waals surface area (Å²) in [5, 5.41) is 3.18. The first-order valence-electron chi connectivity index (χ1n) is 11.0. The minimum atomic E-state index is -0.270. The lowest BCUT2D eigenvalue weighted by molar-refractivity contribution is -0.124. The number of nitrogens with zero attached hydrogens (tertiary/aromatic N) is 2. The van der Waals surface area contributed by atoms with Gasteiger partial charge in [0.05, 0.1) is 13.3 Å². The molecule has 1 amide bonds. The van der Waals surface area contributed by atoms with Crippen LogP contribution in [0, 0.1) is 11.7 Å². The van der Waals surface area contributed by atoms with E-state index in [-0.39, 0.29) is 24.4 Å². The first-order chi connectivity index (χ1) is 15.1. The van der Waals surface area contributed by atoms with Crippen molar-refractivity contribution in [1.82, 2.24) is 15.2 Å². The van der Waals surface area contributed by atoms with Crippen LogP contribution >= 0.6 is 0 Å². The lowest BCUT2D eigenvalue weighted by Crippen LogP contribution is -2.51. The topological polar surface area (TPSA) is 63.7 Å². The first kappa shape index (κ1) is 21.6. The van der Waals surface area contributed by atoms with E-state index in [1.54, 1.807) is 19.4 Å². The van der Waals surface area contributed by atoms with Crippen LogP contribution in [-0.4, -0.2) is 48.6 Å². The Hall–Kier alpha value is -2.67. The van der Waals surface area contributed by atoms with Gasteiger partial charge >= 0.3 is 0 Å². The molecule has 0 aliphatic carbocycles. The van der Waals surface area contributed by atoms with Gasteiger partial charge in [0.2, 0.25) is 0 Å². The Kier molecular flexibility index (Phi) is 7.02. The third kappa shape index (κ3) is 5.73. The number of piperidine rings is 1. The summed E-state index contributed by atoms with van der Waals surface area (Å²) in [6.45, 7) is 2.62. The second kappa shape index (κ2) is 10.1. The highest BCUT2D eigenvalue weighted by Crippen LogP contribution is 2.27. The SMILES string of the molecule is COc1cncc(CN2CC[C@@H]3NC(=O)COc4ccc(F)cc4CCCC[C@@H]3C2)c1. The number of likely N-dealkylation sites (tertiary alicyclic amines) is 1. The van der Waals surface area contributed by atoms with Crippen molar-refractivity contribution in [2.24, 2.45) is 5.92 Å². The maximum Gasteiger partial charge on any atom is 0.258 e. The van der Waals surface area contributed by atoms with Crippen LogP contribution in [0.2, 0.25) is 0 Å². The summed E-state index contributed by atoms with van der Waals surface area (Å²) in [4.78, 5) is 19.2. The first-order valence-corrected chi connectivity index (χ1v) is 11.0. The number of amides is 1. The van der Waals surface area contributed by atoms with Crippen molar-refractivity contribution >= 4 is 5.91 Å². The zero-order chi connectivity index (χ0) is 21.6. The highest BCUT2D eigenvalue weighted by atomic mass is 19.1. The monoisotopic (exact) mass is 427 g/mol. The number of ether oxygens (including phenoxy) is 2. The molecule has 6 nitrogen and oxygen atoms in total. The summed E-state index contributed by atoms with van der Waals surface area (Å²) in [5.74, 6) is 1.37. The predicted molar refractivity (Wildman–Crippen MR) is 116 cm³/mol. The van der Waals surface area contributed by atoms with E-state index in [4.69, 9.17) is 9.47 Å². The van der Waals surface area contributed by atoms with Crippen molar-refractivity contribution in [1.29, 1.82) is 0 Å². The highest BCUT2D eigenvalue weighted by Gasteiger charge is 2.30. The predicted octanol–water partition coefficient (Wildman–Crippen LogP) is 3.34. The third-order valence-corrected chi connectivity index (χ3v) is 6.23. The summed E-state index contributed by atoms with van der Waals surface area (Å²) < 4.78 is 24.7. The number of halogens is 1. The number of methoxy groups -OCH3 is 1. The summed E-state index contributed by atoms with van der Waals surface area (Å²) in [5.41, 5.74) is 1.96. The number of benzene rings is 1. The Morgan fingerprint density at radius 3 is 3.03 bits per heavy atom. The molecule has 4 rings (SSSR count). The Bertz CT molecular complexity index is 907. The fourth-order valence-electron chi connectivity index (χ4n) is 4.65. The number of rotatable bonds is 3. The summed E-state index contributed by atoms with van der Waals surface area (Å²) >= 11 is 0. The van der Waals surface area contributed by atoms with E-state index in [9.17, 15) is 9.18 Å². The molecule has 3 heterocycles. The molecule has 7 heteroatoms. The standard InChI is InChI=1S/C24H30FN3O3/c1-30-21-10-17(12-26-13-21)14-28-9-8-22-19(15-28)5-3-2-4-18-11-20(25)6-7-23(18)31-16-24(29)27-22/h6-7,10-13,19,22H,2-5,8-9,14-16H2,1H3,(H,27,29)/t19-,22+/m1/s1. The molecule has 2 aliphatic heterocycles. The zero-order valence-corrected chi connectivity index (χ0v) is 18.0. The molecular formula is C24H30FN3O3. The summed E-state index contributed by atoms with van der Waals surface area (Å²) in [6.07, 6.45) is 8.29. The molecule has 1 N–H and O–H groups in total. The molecule has 1 aromatic heterocycles. The molecule has 0 radical (unpaired) electrons. The second-order valence-electron chi connectivity index (χ2n) is 8.48. The van der Waals surface area contributed by atoms with Crippen LogP contribution in [0.15, 0.2) is 36.7 Å². The number of carbonyl (C=O) groups excluding carboxylic acids is 1. The number of aryl methyl sites for hydroxylation is 1. The molecule has 0 saturated carbocycles. The van der Waals surface area contributed by atoms with Gasteiger partial charge < -0.3 is 14.8 Å². The lowest BCUT2D eigenvalue weighted by Gasteiger charge is -2.39. The van der Waals surface area contributed by atoms with Gasteiger partial charge in [-0.25, -0.2) is 4.39 Å². The van der Waals surface area contributed by atoms with Crippen molar-refractivity contribution in [2.45, 2.75) is 44.7 Å². The van der Waals surface area contributed by atoms with Crippen molar-refractivity contribution in [3.05, 3.63) is 53.6 Å². The molecular weight excluding hydrogens is 397 g/mol. The van der Waals surface area contributed by atoms with E-state index >= 15 is 0 Å². The molecule has 0 spiro atoms. The van der Waals surface area contributed by atoms with Gasteiger partial charge in [0, 0.05) is 31.9 Å². The molecule has 0 bridgehead atoms. The maximum absolute atomic E-state index is 13.7. The van der Waals surface area contributed by atoms with Crippen LogP contribution in [0.3, 0.4) is 0 Å². The van der Waals surface area contributed by atoms with Gasteiger partial charge in [0.25, 0.3) is 5.91 Å². The zero-order valence-electron chi connectivity index (χ0n) is 18.0. The van der Waals surface area contributed by atoms with Crippen LogP contribution in [-0.2, 0) is 17.8 Å². The third-order valence-electron chi connectivity index (χ3n) is 6.23. The molecule has 31 heavy (non-hydrogen) atoms. The van der Waals surface area contributed by atoms with Gasteiger partial charge in [-0.15, -0.1) is 0 Å². The normalized spacial score (nSPS) is 22.7. The quantitative estimate of drug-likeness (QED) is 0.814. The molecule has 0 unspecified atom stereocenters. The second-order valence-corrected chi connectivity index (χ2v) is 8.48. The van der Waals surface area contributed by atoms with Crippen LogP contribution in [0.5, 0.6) is 11.5 Å². The molecule has 2 aliphatic rings. The fraction of sp³-hybridized carbons (Fsp3) is 0.500.